The Morgan fingerprint density at radius 1 is 1.07 bits per heavy atom. The third-order valence-corrected chi connectivity index (χ3v) is 7.84. The van der Waals surface area contributed by atoms with Gasteiger partial charge in [0.2, 0.25) is 0 Å². The third-order valence-electron chi connectivity index (χ3n) is 7.60. The predicted molar refractivity (Wildman–Crippen MR) is 153 cm³/mol. The Morgan fingerprint density at radius 3 is 2.46 bits per heavy atom. The second-order valence-corrected chi connectivity index (χ2v) is 12.0. The maximum atomic E-state index is 15.5. The van der Waals surface area contributed by atoms with Crippen LogP contribution in [0.2, 0.25) is 5.02 Å². The van der Waals surface area contributed by atoms with Gasteiger partial charge in [0.1, 0.15) is 5.82 Å². The normalized spacial score (nSPS) is 15.3. The number of rotatable bonds is 5. The second kappa shape index (κ2) is 10.7. The molecule has 9 heteroatoms. The van der Waals surface area contributed by atoms with E-state index in [1.807, 2.05) is 6.92 Å². The molecule has 0 saturated heterocycles. The molecule has 6 nitrogen and oxygen atoms in total. The summed E-state index contributed by atoms with van der Waals surface area (Å²) < 4.78 is 42.0. The van der Waals surface area contributed by atoms with E-state index in [1.165, 1.54) is 23.1 Å². The van der Waals surface area contributed by atoms with E-state index in [-0.39, 0.29) is 22.9 Å². The number of halogens is 3. The highest BCUT2D eigenvalue weighted by molar-refractivity contribution is 6.30. The molecule has 2 heterocycles. The summed E-state index contributed by atoms with van der Waals surface area (Å²) in [5.41, 5.74) is 3.80. The lowest BCUT2D eigenvalue weighted by Gasteiger charge is -2.30. The molecule has 0 radical (unpaired) electrons. The van der Waals surface area contributed by atoms with Crippen LogP contribution in [0.3, 0.4) is 0 Å². The molecule has 0 saturated carbocycles. The number of aliphatic carboxylic acids is 1. The van der Waals surface area contributed by atoms with Gasteiger partial charge in [-0.2, -0.15) is 0 Å². The van der Waals surface area contributed by atoms with Gasteiger partial charge < -0.3 is 19.5 Å². The average Bonchev–Trinajstić information content (AvgIpc) is 3.31. The van der Waals surface area contributed by atoms with Crippen LogP contribution in [0.15, 0.2) is 30.3 Å². The molecule has 0 aliphatic carbocycles. The quantitative estimate of drug-likeness (QED) is 0.339. The first-order valence-electron chi connectivity index (χ1n) is 13.6. The Kier molecular flexibility index (Phi) is 7.59. The standard InChI is InChI=1S/C32H32ClF2NO5/c1-16-13-25-21(10-11-36(25)30(37)20-9-8-18(33)14-23(20)34)27(26(16)29(31(38)39)41-32(3,4)5)22-15-24(35)28-19(17(22)2)7-6-12-40-28/h8-9,13-15,29H,6-7,10-12H2,1-5H3,(H,38,39)/t29-/m0/s1. The van der Waals surface area contributed by atoms with Crippen molar-refractivity contribution in [2.75, 3.05) is 18.1 Å². The van der Waals surface area contributed by atoms with Crippen LogP contribution < -0.4 is 9.64 Å². The number of carbonyl (C=O) groups is 2. The van der Waals surface area contributed by atoms with Crippen molar-refractivity contribution < 1.29 is 33.0 Å². The predicted octanol–water partition coefficient (Wildman–Crippen LogP) is 7.37. The molecule has 2 aliphatic heterocycles. The molecule has 5 rings (SSSR count). The number of carboxylic acid groups (broad SMARTS) is 1. The smallest absolute Gasteiger partial charge is 0.337 e. The maximum Gasteiger partial charge on any atom is 0.337 e. The highest BCUT2D eigenvalue weighted by Crippen LogP contribution is 2.48. The van der Waals surface area contributed by atoms with Gasteiger partial charge in [0.15, 0.2) is 17.7 Å². The van der Waals surface area contributed by atoms with Crippen LogP contribution in [-0.2, 0) is 22.4 Å². The molecule has 0 fully saturated rings. The zero-order valence-electron chi connectivity index (χ0n) is 23.7. The van der Waals surface area contributed by atoms with Crippen molar-refractivity contribution in [3.05, 3.63) is 80.4 Å². The molecular formula is C32H32ClF2NO5. The molecular weight excluding hydrogens is 552 g/mol. The molecule has 1 atom stereocenters. The maximum absolute atomic E-state index is 15.5. The van der Waals surface area contributed by atoms with E-state index in [2.05, 4.69) is 0 Å². The number of hydrogen-bond donors (Lipinski definition) is 1. The second-order valence-electron chi connectivity index (χ2n) is 11.5. The number of nitrogens with zero attached hydrogens (tertiary/aromatic N) is 1. The van der Waals surface area contributed by atoms with E-state index in [9.17, 15) is 19.1 Å². The van der Waals surface area contributed by atoms with Crippen LogP contribution in [0.1, 0.15) is 71.5 Å². The van der Waals surface area contributed by atoms with Crippen molar-refractivity contribution in [1.29, 1.82) is 0 Å². The van der Waals surface area contributed by atoms with Crippen LogP contribution in [0, 0.1) is 25.5 Å². The van der Waals surface area contributed by atoms with Gasteiger partial charge >= 0.3 is 5.97 Å². The van der Waals surface area contributed by atoms with Crippen LogP contribution in [-0.4, -0.2) is 35.7 Å². The zero-order chi connectivity index (χ0) is 29.8. The molecule has 3 aromatic rings. The molecule has 0 bridgehead atoms. The fourth-order valence-corrected chi connectivity index (χ4v) is 6.02. The van der Waals surface area contributed by atoms with Gasteiger partial charge in [0.05, 0.1) is 17.8 Å². The molecule has 3 aromatic carbocycles. The van der Waals surface area contributed by atoms with Crippen LogP contribution in [0.25, 0.3) is 11.1 Å². The summed E-state index contributed by atoms with van der Waals surface area (Å²) in [5.74, 6) is -2.77. The lowest BCUT2D eigenvalue weighted by atomic mass is 9.83. The largest absolute Gasteiger partial charge is 0.490 e. The van der Waals surface area contributed by atoms with Crippen molar-refractivity contribution >= 4 is 29.2 Å². The number of carboxylic acids is 1. The Bertz CT molecular complexity index is 1580. The molecule has 1 amide bonds. The highest BCUT2D eigenvalue weighted by Gasteiger charge is 2.37. The number of carbonyl (C=O) groups excluding carboxylic acids is 1. The summed E-state index contributed by atoms with van der Waals surface area (Å²) in [6.45, 7) is 9.60. The topological polar surface area (TPSA) is 76.1 Å². The van der Waals surface area contributed by atoms with E-state index in [0.717, 1.165) is 23.6 Å². The number of hydrogen-bond acceptors (Lipinski definition) is 4. The molecule has 0 spiro atoms. The molecule has 2 aliphatic rings. The number of aryl methyl sites for hydroxylation is 1. The minimum atomic E-state index is -1.36. The molecule has 0 aromatic heterocycles. The molecule has 0 unspecified atom stereocenters. The summed E-state index contributed by atoms with van der Waals surface area (Å²) >= 11 is 5.90. The lowest BCUT2D eigenvalue weighted by molar-refractivity contribution is -0.160. The van der Waals surface area contributed by atoms with E-state index in [4.69, 9.17) is 21.1 Å². The monoisotopic (exact) mass is 583 g/mol. The Balaban J connectivity index is 1.78. The minimum absolute atomic E-state index is 0.127. The van der Waals surface area contributed by atoms with Gasteiger partial charge in [-0.15, -0.1) is 0 Å². The summed E-state index contributed by atoms with van der Waals surface area (Å²) in [4.78, 5) is 27.7. The van der Waals surface area contributed by atoms with Crippen molar-refractivity contribution in [2.24, 2.45) is 0 Å². The fourth-order valence-electron chi connectivity index (χ4n) is 5.86. The Morgan fingerprint density at radius 2 is 1.80 bits per heavy atom. The van der Waals surface area contributed by atoms with Crippen LogP contribution >= 0.6 is 11.6 Å². The number of anilines is 1. The number of fused-ring (bicyclic) bond motifs is 2. The van der Waals surface area contributed by atoms with Crippen molar-refractivity contribution in [3.8, 4) is 16.9 Å². The number of amides is 1. The summed E-state index contributed by atoms with van der Waals surface area (Å²) in [7, 11) is 0. The van der Waals surface area contributed by atoms with E-state index < -0.39 is 35.2 Å². The first-order valence-corrected chi connectivity index (χ1v) is 14.0. The minimum Gasteiger partial charge on any atom is -0.490 e. The lowest BCUT2D eigenvalue weighted by Crippen LogP contribution is -2.30. The number of ether oxygens (including phenoxy) is 2. The SMILES string of the molecule is Cc1cc2c(c(-c3cc(F)c4c(c3C)CCCO4)c1[C@H](OC(C)(C)C)C(=O)O)CCN2C(=O)c1ccc(Cl)cc1F. The third kappa shape index (κ3) is 5.31. The summed E-state index contributed by atoms with van der Waals surface area (Å²) in [6.07, 6.45) is 0.352. The zero-order valence-corrected chi connectivity index (χ0v) is 24.4. The van der Waals surface area contributed by atoms with Crippen molar-refractivity contribution in [3.63, 3.8) is 0 Å². The van der Waals surface area contributed by atoms with E-state index >= 15 is 4.39 Å². The summed E-state index contributed by atoms with van der Waals surface area (Å²) in [5, 5.41) is 10.5. The van der Waals surface area contributed by atoms with E-state index in [0.29, 0.717) is 53.0 Å². The Hall–Kier alpha value is -3.49. The molecule has 216 valence electrons. The van der Waals surface area contributed by atoms with Gasteiger partial charge in [-0.25, -0.2) is 13.6 Å². The molecule has 1 N–H and O–H groups in total. The average molecular weight is 584 g/mol. The van der Waals surface area contributed by atoms with E-state index in [1.54, 1.807) is 33.8 Å². The van der Waals surface area contributed by atoms with Gasteiger partial charge in [-0.05, 0) is 112 Å². The summed E-state index contributed by atoms with van der Waals surface area (Å²) in [6, 6.07) is 7.02. The van der Waals surface area contributed by atoms with Gasteiger partial charge in [0, 0.05) is 28.4 Å². The fraction of sp³-hybridized carbons (Fsp3) is 0.375. The molecule has 41 heavy (non-hydrogen) atoms. The number of benzene rings is 3. The van der Waals surface area contributed by atoms with Crippen molar-refractivity contribution in [1.82, 2.24) is 0 Å². The van der Waals surface area contributed by atoms with Crippen LogP contribution in [0.5, 0.6) is 5.75 Å². The van der Waals surface area contributed by atoms with Gasteiger partial charge in [0.25, 0.3) is 5.91 Å². The first kappa shape index (κ1) is 29.0. The van der Waals surface area contributed by atoms with Crippen LogP contribution in [0.4, 0.5) is 14.5 Å². The highest BCUT2D eigenvalue weighted by atomic mass is 35.5. The van der Waals surface area contributed by atoms with Crippen molar-refractivity contribution in [2.45, 2.75) is 65.6 Å². The first-order chi connectivity index (χ1) is 19.3. The Labute approximate surface area is 242 Å². The van der Waals surface area contributed by atoms with Gasteiger partial charge in [-0.1, -0.05) is 11.6 Å². The van der Waals surface area contributed by atoms with Gasteiger partial charge in [-0.3, -0.25) is 4.79 Å².